The summed E-state index contributed by atoms with van der Waals surface area (Å²) in [5.41, 5.74) is 2.55. The zero-order valence-corrected chi connectivity index (χ0v) is 8.38. The molecule has 0 aromatic heterocycles. The Kier molecular flexibility index (Phi) is 4.67. The monoisotopic (exact) mass is 199 g/mol. The quantitative estimate of drug-likeness (QED) is 0.426. The maximum atomic E-state index is 7.08. The van der Waals surface area contributed by atoms with Crippen LogP contribution in [0, 0.1) is 0 Å². The van der Waals surface area contributed by atoms with E-state index in [0.717, 1.165) is 0 Å². The van der Waals surface area contributed by atoms with Gasteiger partial charge in [-0.25, -0.2) is 0 Å². The predicted molar refractivity (Wildman–Crippen MR) is 63.2 cm³/mol. The minimum Gasteiger partial charge on any atom is -0.411 e. The molecule has 0 fully saturated rings. The van der Waals surface area contributed by atoms with E-state index in [-0.39, 0.29) is 0 Å². The van der Waals surface area contributed by atoms with Gasteiger partial charge in [0.15, 0.2) is 0 Å². The van der Waals surface area contributed by atoms with Crippen molar-refractivity contribution in [1.82, 2.24) is 0 Å². The minimum atomic E-state index is 1.28. The standard InChI is InChI=1S/C12H10.CH3NO/c1-3-7-11(8-4-1)12-9-5-2-6-10-12;1-2-3/h1-10H;3H,1H2. The fourth-order valence-electron chi connectivity index (χ4n) is 1.26. The maximum Gasteiger partial charge on any atom is 0.0298 e. The molecule has 0 aliphatic rings. The van der Waals surface area contributed by atoms with E-state index in [9.17, 15) is 0 Å². The van der Waals surface area contributed by atoms with Crippen molar-refractivity contribution in [1.29, 1.82) is 0 Å². The van der Waals surface area contributed by atoms with Crippen LogP contribution in [0.1, 0.15) is 0 Å². The molecule has 0 amide bonds. The molecular formula is C13H13NO. The molecule has 15 heavy (non-hydrogen) atoms. The van der Waals surface area contributed by atoms with E-state index in [1.54, 1.807) is 0 Å². The van der Waals surface area contributed by atoms with Gasteiger partial charge in [-0.15, -0.1) is 5.16 Å². The lowest BCUT2D eigenvalue weighted by molar-refractivity contribution is 0.323. The number of rotatable bonds is 1. The zero-order chi connectivity index (χ0) is 10.9. The average Bonchev–Trinajstić information content (AvgIpc) is 2.32. The Bertz CT molecular complexity index is 346. The van der Waals surface area contributed by atoms with E-state index in [1.807, 2.05) is 12.1 Å². The maximum absolute atomic E-state index is 7.08. The summed E-state index contributed by atoms with van der Waals surface area (Å²) in [6.07, 6.45) is 0. The van der Waals surface area contributed by atoms with Crippen LogP contribution in [0.2, 0.25) is 0 Å². The summed E-state index contributed by atoms with van der Waals surface area (Å²) in [7, 11) is 0. The highest BCUT2D eigenvalue weighted by Gasteiger charge is 1.91. The molecule has 2 nitrogen and oxygen atoms in total. The molecule has 0 saturated heterocycles. The zero-order valence-electron chi connectivity index (χ0n) is 8.38. The average molecular weight is 199 g/mol. The first kappa shape index (κ1) is 11.0. The SMILES string of the molecule is C=NO.c1ccc(-c2ccccc2)cc1. The van der Waals surface area contributed by atoms with Gasteiger partial charge in [-0.3, -0.25) is 0 Å². The number of nitrogens with zero attached hydrogens (tertiary/aromatic N) is 1. The summed E-state index contributed by atoms with van der Waals surface area (Å²) in [5.74, 6) is 0. The van der Waals surface area contributed by atoms with Gasteiger partial charge in [-0.05, 0) is 11.1 Å². The molecule has 0 atom stereocenters. The molecule has 0 aliphatic heterocycles. The Labute approximate surface area is 89.5 Å². The highest BCUT2D eigenvalue weighted by atomic mass is 16.4. The van der Waals surface area contributed by atoms with Crippen LogP contribution in [-0.4, -0.2) is 11.9 Å². The molecule has 76 valence electrons. The molecular weight excluding hydrogens is 186 g/mol. The van der Waals surface area contributed by atoms with Gasteiger partial charge in [0.1, 0.15) is 0 Å². The molecule has 0 saturated carbocycles. The fraction of sp³-hybridized carbons (Fsp3) is 0. The van der Waals surface area contributed by atoms with Gasteiger partial charge >= 0.3 is 0 Å². The van der Waals surface area contributed by atoms with Crippen molar-refractivity contribution in [3.05, 3.63) is 60.7 Å². The van der Waals surface area contributed by atoms with Gasteiger partial charge in [0.25, 0.3) is 0 Å². The number of benzene rings is 2. The van der Waals surface area contributed by atoms with Gasteiger partial charge in [0.2, 0.25) is 0 Å². The first-order valence-corrected chi connectivity index (χ1v) is 4.59. The summed E-state index contributed by atoms with van der Waals surface area (Å²) in [6, 6.07) is 20.8. The third-order valence-electron chi connectivity index (χ3n) is 1.88. The molecule has 2 aromatic carbocycles. The van der Waals surface area contributed by atoms with E-state index in [2.05, 4.69) is 60.4 Å². The summed E-state index contributed by atoms with van der Waals surface area (Å²) in [6.45, 7) is 2.67. The fourth-order valence-corrected chi connectivity index (χ4v) is 1.26. The van der Waals surface area contributed by atoms with Crippen LogP contribution in [0.4, 0.5) is 0 Å². The summed E-state index contributed by atoms with van der Waals surface area (Å²) >= 11 is 0. The van der Waals surface area contributed by atoms with Crippen molar-refractivity contribution in [2.45, 2.75) is 0 Å². The normalized spacial score (nSPS) is 8.53. The molecule has 0 radical (unpaired) electrons. The van der Waals surface area contributed by atoms with Crippen molar-refractivity contribution < 1.29 is 5.21 Å². The van der Waals surface area contributed by atoms with Crippen LogP contribution in [0.15, 0.2) is 65.8 Å². The minimum absolute atomic E-state index is 1.28. The Hall–Kier alpha value is -2.09. The third-order valence-corrected chi connectivity index (χ3v) is 1.88. The Morgan fingerprint density at radius 1 is 0.733 bits per heavy atom. The van der Waals surface area contributed by atoms with Crippen LogP contribution >= 0.6 is 0 Å². The topological polar surface area (TPSA) is 32.6 Å². The van der Waals surface area contributed by atoms with E-state index < -0.39 is 0 Å². The molecule has 0 heterocycles. The molecule has 2 heteroatoms. The molecule has 0 spiro atoms. The van der Waals surface area contributed by atoms with E-state index in [0.29, 0.717) is 0 Å². The number of hydrogen-bond acceptors (Lipinski definition) is 2. The summed E-state index contributed by atoms with van der Waals surface area (Å²) < 4.78 is 0. The summed E-state index contributed by atoms with van der Waals surface area (Å²) in [5, 5.41) is 9.33. The second kappa shape index (κ2) is 6.38. The molecule has 2 aromatic rings. The van der Waals surface area contributed by atoms with Crippen molar-refractivity contribution in [3.63, 3.8) is 0 Å². The van der Waals surface area contributed by atoms with Crippen molar-refractivity contribution >= 4 is 6.72 Å². The smallest absolute Gasteiger partial charge is 0.0298 e. The van der Waals surface area contributed by atoms with E-state index in [1.165, 1.54) is 11.1 Å². The predicted octanol–water partition coefficient (Wildman–Crippen LogP) is 3.43. The van der Waals surface area contributed by atoms with Crippen LogP contribution in [-0.2, 0) is 0 Å². The van der Waals surface area contributed by atoms with Crippen LogP contribution in [0.25, 0.3) is 11.1 Å². The highest BCUT2D eigenvalue weighted by molar-refractivity contribution is 5.62. The first-order chi connectivity index (χ1) is 7.38. The van der Waals surface area contributed by atoms with Crippen molar-refractivity contribution in [2.75, 3.05) is 0 Å². The lowest BCUT2D eigenvalue weighted by Gasteiger charge is -1.98. The van der Waals surface area contributed by atoms with Crippen molar-refractivity contribution in [2.24, 2.45) is 5.16 Å². The van der Waals surface area contributed by atoms with E-state index in [4.69, 9.17) is 5.21 Å². The van der Waals surface area contributed by atoms with Gasteiger partial charge in [-0.2, -0.15) is 0 Å². The van der Waals surface area contributed by atoms with Crippen LogP contribution < -0.4 is 0 Å². The van der Waals surface area contributed by atoms with Gasteiger partial charge in [0.05, 0.1) is 0 Å². The second-order valence-corrected chi connectivity index (χ2v) is 2.87. The van der Waals surface area contributed by atoms with Gasteiger partial charge < -0.3 is 5.21 Å². The molecule has 2 rings (SSSR count). The van der Waals surface area contributed by atoms with Crippen molar-refractivity contribution in [3.8, 4) is 11.1 Å². The molecule has 0 aliphatic carbocycles. The Balaban J connectivity index is 0.000000337. The van der Waals surface area contributed by atoms with Crippen LogP contribution in [0.3, 0.4) is 0 Å². The lowest BCUT2D eigenvalue weighted by Crippen LogP contribution is -1.73. The molecule has 0 bridgehead atoms. The van der Waals surface area contributed by atoms with Gasteiger partial charge in [0, 0.05) is 6.72 Å². The van der Waals surface area contributed by atoms with Gasteiger partial charge in [-0.1, -0.05) is 60.7 Å². The largest absolute Gasteiger partial charge is 0.411 e. The van der Waals surface area contributed by atoms with E-state index >= 15 is 0 Å². The highest BCUT2D eigenvalue weighted by Crippen LogP contribution is 2.17. The second-order valence-electron chi connectivity index (χ2n) is 2.87. The Morgan fingerprint density at radius 2 is 1.00 bits per heavy atom. The molecule has 1 N–H and O–H groups in total. The molecule has 0 unspecified atom stereocenters. The third kappa shape index (κ3) is 3.65. The first-order valence-electron chi connectivity index (χ1n) is 4.59. The van der Waals surface area contributed by atoms with Crippen LogP contribution in [0.5, 0.6) is 0 Å². The number of hydrogen-bond donors (Lipinski definition) is 1. The number of oxime groups is 1. The lowest BCUT2D eigenvalue weighted by atomic mass is 10.1. The Morgan fingerprint density at radius 3 is 1.27 bits per heavy atom. The summed E-state index contributed by atoms with van der Waals surface area (Å²) in [4.78, 5) is 0.